The summed E-state index contributed by atoms with van der Waals surface area (Å²) < 4.78 is 0. The van der Waals surface area contributed by atoms with Crippen LogP contribution in [0.1, 0.15) is 0 Å². The van der Waals surface area contributed by atoms with Crippen molar-refractivity contribution in [1.29, 1.82) is 0 Å². The molecule has 3 N–H and O–H groups in total. The maximum atomic E-state index is 9.36. The Morgan fingerprint density at radius 1 is 2.00 bits per heavy atom. The fourth-order valence-corrected chi connectivity index (χ4v) is 0. The molecule has 0 amide bonds. The van der Waals surface area contributed by atoms with Gasteiger partial charge in [-0.15, -0.1) is 0 Å². The molecule has 0 aromatic heterocycles. The van der Waals surface area contributed by atoms with Crippen LogP contribution >= 0.6 is 6.64 Å². The van der Waals surface area contributed by atoms with Gasteiger partial charge in [0.25, 0.3) is 0 Å². The molecule has 0 saturated carbocycles. The van der Waals surface area contributed by atoms with Gasteiger partial charge in [0.15, 0.2) is 0 Å². The van der Waals surface area contributed by atoms with Crippen LogP contribution in [0.4, 0.5) is 0 Å². The molecule has 5 heavy (non-hydrogen) atoms. The zero-order valence-electron chi connectivity index (χ0n) is 2.29. The Morgan fingerprint density at radius 2 is 2.00 bits per heavy atom. The van der Waals surface area contributed by atoms with E-state index in [1.54, 1.807) is 0 Å². The summed E-state index contributed by atoms with van der Waals surface area (Å²) in [5, 5.41) is 0. The van der Waals surface area contributed by atoms with Gasteiger partial charge in [-0.1, -0.05) is 11.8 Å². The predicted octanol–water partition coefficient (Wildman–Crippen LogP) is -1.48. The van der Waals surface area contributed by atoms with E-state index in [-0.39, 0.29) is 0 Å². The standard InChI is InChI=1S/H4NO2PS/c1-4(2,3)5/h(H4,1,2,3,5)/p-1. The van der Waals surface area contributed by atoms with Crippen LogP contribution in [0.5, 0.6) is 0 Å². The molecule has 0 bridgehead atoms. The molecule has 0 aliphatic carbocycles. The Labute approximate surface area is 34.7 Å². The molecule has 0 spiro atoms. The summed E-state index contributed by atoms with van der Waals surface area (Å²) >= 11 is 3.72. The highest BCUT2D eigenvalue weighted by atomic mass is 32.5. The van der Waals surface area contributed by atoms with Crippen LogP contribution in [-0.4, -0.2) is 4.89 Å². The van der Waals surface area contributed by atoms with Crippen molar-refractivity contribution < 1.29 is 9.79 Å². The average Bonchev–Trinajstić information content (AvgIpc) is 0.722. The van der Waals surface area contributed by atoms with Gasteiger partial charge in [-0.2, -0.15) is 0 Å². The summed E-state index contributed by atoms with van der Waals surface area (Å²) in [5.74, 6) is 0. The Kier molecular flexibility index (Phi) is 1.46. The van der Waals surface area contributed by atoms with Gasteiger partial charge in [0.05, 0.1) is 0 Å². The first-order chi connectivity index (χ1) is 2.00. The molecule has 0 aromatic rings. The zero-order valence-corrected chi connectivity index (χ0v) is 4.00. The van der Waals surface area contributed by atoms with Crippen molar-refractivity contribution >= 4 is 18.4 Å². The first-order valence-electron chi connectivity index (χ1n) is 0.823. The lowest BCUT2D eigenvalue weighted by molar-refractivity contribution is -0.177. The van der Waals surface area contributed by atoms with E-state index in [0.717, 1.165) is 0 Å². The molecule has 0 aromatic carbocycles. The maximum Gasteiger partial charge on any atom is 0.0493 e. The molecule has 0 aliphatic heterocycles. The third-order valence-electron chi connectivity index (χ3n) is 0. The van der Waals surface area contributed by atoms with Crippen molar-refractivity contribution in [3.05, 3.63) is 0 Å². The molecule has 0 rings (SSSR count). The smallest absolute Gasteiger partial charge is 0.0493 e. The quantitative estimate of drug-likeness (QED) is 0.375. The highest BCUT2D eigenvalue weighted by molar-refractivity contribution is 8.07. The Bertz CT molecular complexity index is 55.8. The zero-order chi connectivity index (χ0) is 4.50. The highest BCUT2D eigenvalue weighted by Crippen LogP contribution is 2.13. The molecule has 0 saturated heterocycles. The third kappa shape index (κ3) is 103. The van der Waals surface area contributed by atoms with E-state index in [9.17, 15) is 4.89 Å². The van der Waals surface area contributed by atoms with Crippen molar-refractivity contribution in [2.45, 2.75) is 0 Å². The van der Waals surface area contributed by atoms with Crippen molar-refractivity contribution in [2.75, 3.05) is 0 Å². The van der Waals surface area contributed by atoms with Gasteiger partial charge in [-0.25, -0.2) is 0 Å². The van der Waals surface area contributed by atoms with Crippen LogP contribution in [0, 0.1) is 0 Å². The first-order valence-corrected chi connectivity index (χ1v) is 3.57. The van der Waals surface area contributed by atoms with Crippen LogP contribution in [0.25, 0.3) is 0 Å². The van der Waals surface area contributed by atoms with Crippen LogP contribution in [0.2, 0.25) is 0 Å². The van der Waals surface area contributed by atoms with E-state index in [2.05, 4.69) is 17.3 Å². The van der Waals surface area contributed by atoms with Gasteiger partial charge in [0.1, 0.15) is 0 Å². The van der Waals surface area contributed by atoms with Gasteiger partial charge < -0.3 is 9.79 Å². The molecule has 1 unspecified atom stereocenters. The molecule has 1 atom stereocenters. The number of hydrogen-bond acceptors (Lipinski definition) is 2. The monoisotopic (exact) mass is 112 g/mol. The van der Waals surface area contributed by atoms with Crippen molar-refractivity contribution in [3.63, 3.8) is 0 Å². The lowest BCUT2D eigenvalue weighted by atomic mass is 13.9. The summed E-state index contributed by atoms with van der Waals surface area (Å²) in [5.41, 5.74) is 4.28. The Hall–Kier alpha value is 0.530. The largest absolute Gasteiger partial charge is 0.790 e. The minimum Gasteiger partial charge on any atom is -0.790 e. The molecule has 3 nitrogen and oxygen atoms in total. The number of hydrogen-bond donors (Lipinski definition) is 2. The van der Waals surface area contributed by atoms with Crippen LogP contribution in [0.15, 0.2) is 0 Å². The lowest BCUT2D eigenvalue weighted by Gasteiger charge is -2.09. The third-order valence-corrected chi connectivity index (χ3v) is 0. The van der Waals surface area contributed by atoms with E-state index in [1.807, 2.05) is 0 Å². The fourth-order valence-electron chi connectivity index (χ4n) is 0. The van der Waals surface area contributed by atoms with Crippen LogP contribution < -0.4 is 10.4 Å². The number of rotatable bonds is 0. The Morgan fingerprint density at radius 3 is 2.00 bits per heavy atom. The minimum absolute atomic E-state index is 3.56. The van der Waals surface area contributed by atoms with E-state index in [4.69, 9.17) is 4.89 Å². The van der Waals surface area contributed by atoms with E-state index < -0.39 is 6.64 Å². The summed E-state index contributed by atoms with van der Waals surface area (Å²) in [4.78, 5) is 17.0. The molecule has 0 fully saturated rings. The fraction of sp³-hybridized carbons (Fsp3) is 0. The van der Waals surface area contributed by atoms with Crippen molar-refractivity contribution in [2.24, 2.45) is 5.50 Å². The Balaban J connectivity index is 3.47. The second-order valence-electron chi connectivity index (χ2n) is 0.564. The molecule has 0 radical (unpaired) electrons. The summed E-state index contributed by atoms with van der Waals surface area (Å²) in [6, 6.07) is 0. The van der Waals surface area contributed by atoms with Crippen LogP contribution in [0.3, 0.4) is 0 Å². The average molecular weight is 112 g/mol. The van der Waals surface area contributed by atoms with Gasteiger partial charge in [-0.3, -0.25) is 5.50 Å². The van der Waals surface area contributed by atoms with E-state index in [1.165, 1.54) is 0 Å². The van der Waals surface area contributed by atoms with Gasteiger partial charge in [0.2, 0.25) is 0 Å². The maximum absolute atomic E-state index is 9.36. The second-order valence-corrected chi connectivity index (χ2v) is 3.26. The topological polar surface area (TPSA) is 69.3 Å². The molecule has 0 heterocycles. The van der Waals surface area contributed by atoms with E-state index >= 15 is 0 Å². The highest BCUT2D eigenvalue weighted by Gasteiger charge is 1.71. The van der Waals surface area contributed by atoms with Gasteiger partial charge >= 0.3 is 0 Å². The lowest BCUT2D eigenvalue weighted by Crippen LogP contribution is -2.06. The van der Waals surface area contributed by atoms with Crippen LogP contribution in [-0.2, 0) is 11.8 Å². The molecular weight excluding hydrogens is 109 g/mol. The summed E-state index contributed by atoms with van der Waals surface area (Å²) in [6.45, 7) is -3.56. The minimum atomic E-state index is -3.56. The van der Waals surface area contributed by atoms with Gasteiger partial charge in [0, 0.05) is 6.64 Å². The second kappa shape index (κ2) is 1.32. The summed E-state index contributed by atoms with van der Waals surface area (Å²) in [7, 11) is 0. The SMILES string of the molecule is NP([O-])(O)=S. The normalized spacial score (nSPS) is 21.4. The molecule has 5 heteroatoms. The van der Waals surface area contributed by atoms with Crippen molar-refractivity contribution in [1.82, 2.24) is 0 Å². The van der Waals surface area contributed by atoms with E-state index in [0.29, 0.717) is 0 Å². The first kappa shape index (κ1) is 5.53. The number of nitrogens with two attached hydrogens (primary N) is 1. The van der Waals surface area contributed by atoms with Crippen molar-refractivity contribution in [3.8, 4) is 0 Å². The molecule has 0 aliphatic rings. The predicted molar refractivity (Wildman–Crippen MR) is 20.7 cm³/mol. The van der Waals surface area contributed by atoms with Gasteiger partial charge in [-0.05, 0) is 0 Å². The molecule has 32 valence electrons. The molecular formula is H3NO2PS-. The summed E-state index contributed by atoms with van der Waals surface area (Å²) in [6.07, 6.45) is 0.